The van der Waals surface area contributed by atoms with Crippen LogP contribution in [0.4, 0.5) is 5.69 Å². The zero-order valence-electron chi connectivity index (χ0n) is 15.9. The summed E-state index contributed by atoms with van der Waals surface area (Å²) >= 11 is 3.31. The number of carbonyl (C=O) groups is 1. The van der Waals surface area contributed by atoms with E-state index in [0.29, 0.717) is 43.3 Å². The Morgan fingerprint density at radius 2 is 1.86 bits per heavy atom. The third-order valence-electron chi connectivity index (χ3n) is 3.71. The Labute approximate surface area is 174 Å². The van der Waals surface area contributed by atoms with Crippen molar-refractivity contribution >= 4 is 37.5 Å². The van der Waals surface area contributed by atoms with Crippen LogP contribution in [0.5, 0.6) is 0 Å². The molecule has 0 saturated heterocycles. The van der Waals surface area contributed by atoms with Crippen molar-refractivity contribution in [3.63, 3.8) is 0 Å². The van der Waals surface area contributed by atoms with Gasteiger partial charge in [-0.15, -0.1) is 0 Å². The van der Waals surface area contributed by atoms with Crippen LogP contribution in [0.1, 0.15) is 30.6 Å². The van der Waals surface area contributed by atoms with Crippen LogP contribution in [0.25, 0.3) is 0 Å². The molecule has 2 rings (SSSR count). The number of ether oxygens (including phenoxy) is 1. The Morgan fingerprint density at radius 3 is 2.54 bits per heavy atom. The second kappa shape index (κ2) is 10.6. The first-order chi connectivity index (χ1) is 13.3. The first kappa shape index (κ1) is 22.4. The molecule has 152 valence electrons. The van der Waals surface area contributed by atoms with E-state index in [4.69, 9.17) is 4.74 Å². The summed E-state index contributed by atoms with van der Waals surface area (Å²) in [7, 11) is -3.79. The van der Waals surface area contributed by atoms with E-state index in [1.54, 1.807) is 36.4 Å². The van der Waals surface area contributed by atoms with E-state index in [2.05, 4.69) is 39.8 Å². The van der Waals surface area contributed by atoms with Gasteiger partial charge < -0.3 is 10.1 Å². The van der Waals surface area contributed by atoms with E-state index >= 15 is 0 Å². The minimum absolute atomic E-state index is 0.0309. The maximum Gasteiger partial charge on any atom is 0.261 e. The maximum atomic E-state index is 12.6. The summed E-state index contributed by atoms with van der Waals surface area (Å²) in [5, 5.41) is 2.78. The van der Waals surface area contributed by atoms with Gasteiger partial charge in [0, 0.05) is 35.5 Å². The highest BCUT2D eigenvalue weighted by Gasteiger charge is 2.16. The first-order valence-electron chi connectivity index (χ1n) is 9.02. The average Bonchev–Trinajstić information content (AvgIpc) is 2.66. The van der Waals surface area contributed by atoms with Crippen LogP contribution in [-0.4, -0.2) is 34.1 Å². The predicted molar refractivity (Wildman–Crippen MR) is 114 cm³/mol. The number of anilines is 1. The van der Waals surface area contributed by atoms with Gasteiger partial charge >= 0.3 is 0 Å². The molecule has 0 bridgehead atoms. The van der Waals surface area contributed by atoms with Crippen molar-refractivity contribution < 1.29 is 17.9 Å². The van der Waals surface area contributed by atoms with Crippen molar-refractivity contribution in [2.75, 3.05) is 24.5 Å². The Balaban J connectivity index is 1.94. The van der Waals surface area contributed by atoms with E-state index in [9.17, 15) is 13.2 Å². The zero-order chi connectivity index (χ0) is 20.6. The summed E-state index contributed by atoms with van der Waals surface area (Å²) in [6.07, 6.45) is 0.696. The summed E-state index contributed by atoms with van der Waals surface area (Å²) < 4.78 is 34.0. The number of hydrogen-bond donors (Lipinski definition) is 2. The molecule has 1 amide bonds. The standard InChI is InChI=1S/C20H25BrN2O4S/c1-15(2)14-27-12-4-11-22-20(24)16-5-3-6-19(13-16)28(25,26)23-18-9-7-17(21)8-10-18/h3,5-10,13,15,23H,4,11-12,14H2,1-2H3,(H,22,24). The Morgan fingerprint density at radius 1 is 1.14 bits per heavy atom. The minimum Gasteiger partial charge on any atom is -0.381 e. The molecule has 0 aliphatic heterocycles. The van der Waals surface area contributed by atoms with Crippen LogP contribution in [0, 0.1) is 5.92 Å². The monoisotopic (exact) mass is 468 g/mol. The molecule has 0 fully saturated rings. The lowest BCUT2D eigenvalue weighted by molar-refractivity contribution is 0.0925. The Bertz CT molecular complexity index is 883. The maximum absolute atomic E-state index is 12.6. The van der Waals surface area contributed by atoms with Crippen molar-refractivity contribution in [2.24, 2.45) is 5.92 Å². The van der Waals surface area contributed by atoms with E-state index in [1.807, 2.05) is 0 Å². The molecule has 0 spiro atoms. The molecule has 0 heterocycles. The summed E-state index contributed by atoms with van der Waals surface area (Å²) in [5.41, 5.74) is 0.737. The van der Waals surface area contributed by atoms with Crippen LogP contribution in [0.3, 0.4) is 0 Å². The van der Waals surface area contributed by atoms with Crippen LogP contribution in [-0.2, 0) is 14.8 Å². The number of sulfonamides is 1. The molecule has 0 unspecified atom stereocenters. The number of nitrogens with one attached hydrogen (secondary N) is 2. The molecule has 28 heavy (non-hydrogen) atoms. The van der Waals surface area contributed by atoms with E-state index in [0.717, 1.165) is 4.47 Å². The van der Waals surface area contributed by atoms with E-state index in [-0.39, 0.29) is 10.8 Å². The van der Waals surface area contributed by atoms with Crippen molar-refractivity contribution in [3.8, 4) is 0 Å². The highest BCUT2D eigenvalue weighted by molar-refractivity contribution is 9.10. The van der Waals surface area contributed by atoms with Crippen LogP contribution in [0.15, 0.2) is 57.9 Å². The molecule has 8 heteroatoms. The van der Waals surface area contributed by atoms with Gasteiger partial charge in [-0.2, -0.15) is 0 Å². The van der Waals surface area contributed by atoms with E-state index < -0.39 is 10.0 Å². The number of benzene rings is 2. The second-order valence-electron chi connectivity index (χ2n) is 6.72. The highest BCUT2D eigenvalue weighted by Crippen LogP contribution is 2.19. The lowest BCUT2D eigenvalue weighted by Gasteiger charge is -2.10. The van der Waals surface area contributed by atoms with Gasteiger partial charge in [0.15, 0.2) is 0 Å². The average molecular weight is 469 g/mol. The second-order valence-corrected chi connectivity index (χ2v) is 9.32. The lowest BCUT2D eigenvalue weighted by Crippen LogP contribution is -2.25. The molecular formula is C20H25BrN2O4S. The normalized spacial score (nSPS) is 11.4. The number of rotatable bonds is 10. The van der Waals surface area contributed by atoms with Crippen molar-refractivity contribution in [3.05, 3.63) is 58.6 Å². The van der Waals surface area contributed by atoms with Crippen molar-refractivity contribution in [1.82, 2.24) is 5.32 Å². The van der Waals surface area contributed by atoms with Gasteiger partial charge in [0.25, 0.3) is 15.9 Å². The number of halogens is 1. The molecule has 2 N–H and O–H groups in total. The molecule has 0 saturated carbocycles. The third kappa shape index (κ3) is 7.26. The molecule has 2 aromatic rings. The molecule has 6 nitrogen and oxygen atoms in total. The minimum atomic E-state index is -3.79. The van der Waals surface area contributed by atoms with Gasteiger partial charge in [-0.3, -0.25) is 9.52 Å². The van der Waals surface area contributed by atoms with E-state index in [1.165, 1.54) is 12.1 Å². The topological polar surface area (TPSA) is 84.5 Å². The quantitative estimate of drug-likeness (QED) is 0.515. The molecule has 0 radical (unpaired) electrons. The summed E-state index contributed by atoms with van der Waals surface area (Å²) in [6, 6.07) is 12.8. The SMILES string of the molecule is CC(C)COCCCNC(=O)c1cccc(S(=O)(=O)Nc2ccc(Br)cc2)c1. The summed E-state index contributed by atoms with van der Waals surface area (Å²) in [6.45, 7) is 5.89. The van der Waals surface area contributed by atoms with Gasteiger partial charge in [-0.05, 0) is 54.8 Å². The van der Waals surface area contributed by atoms with Gasteiger partial charge in [0.1, 0.15) is 0 Å². The van der Waals surface area contributed by atoms with Crippen LogP contribution >= 0.6 is 15.9 Å². The molecular weight excluding hydrogens is 444 g/mol. The number of amides is 1. The molecule has 0 aliphatic carbocycles. The highest BCUT2D eigenvalue weighted by atomic mass is 79.9. The predicted octanol–water partition coefficient (Wildman–Crippen LogP) is 4.04. The zero-order valence-corrected chi connectivity index (χ0v) is 18.3. The largest absolute Gasteiger partial charge is 0.381 e. The summed E-state index contributed by atoms with van der Waals surface area (Å²) in [5.74, 6) is 0.162. The number of hydrogen-bond acceptors (Lipinski definition) is 4. The molecule has 0 aliphatic rings. The Hall–Kier alpha value is -1.90. The van der Waals surface area contributed by atoms with Crippen molar-refractivity contribution in [2.45, 2.75) is 25.2 Å². The fraction of sp³-hybridized carbons (Fsp3) is 0.350. The van der Waals surface area contributed by atoms with Gasteiger partial charge in [-0.1, -0.05) is 35.8 Å². The van der Waals surface area contributed by atoms with Gasteiger partial charge in [-0.25, -0.2) is 8.42 Å². The third-order valence-corrected chi connectivity index (χ3v) is 5.61. The van der Waals surface area contributed by atoms with Crippen LogP contribution < -0.4 is 10.0 Å². The summed E-state index contributed by atoms with van der Waals surface area (Å²) in [4.78, 5) is 12.3. The first-order valence-corrected chi connectivity index (χ1v) is 11.3. The fourth-order valence-electron chi connectivity index (χ4n) is 2.33. The molecule has 0 aromatic heterocycles. The van der Waals surface area contributed by atoms with Gasteiger partial charge in [0.2, 0.25) is 0 Å². The smallest absolute Gasteiger partial charge is 0.261 e. The molecule has 2 aromatic carbocycles. The Kier molecular flexibility index (Phi) is 8.47. The fourth-order valence-corrected chi connectivity index (χ4v) is 3.70. The van der Waals surface area contributed by atoms with Crippen LogP contribution in [0.2, 0.25) is 0 Å². The lowest BCUT2D eigenvalue weighted by atomic mass is 10.2. The molecule has 0 atom stereocenters. The van der Waals surface area contributed by atoms with Crippen molar-refractivity contribution in [1.29, 1.82) is 0 Å². The van der Waals surface area contributed by atoms with Gasteiger partial charge in [0.05, 0.1) is 4.90 Å². The number of carbonyl (C=O) groups excluding carboxylic acids is 1.